The Kier molecular flexibility index (Phi) is 3.36. The average Bonchev–Trinajstić information content (AvgIpc) is 3.23. The van der Waals surface area contributed by atoms with E-state index < -0.39 is 5.97 Å². The van der Waals surface area contributed by atoms with Crippen molar-refractivity contribution < 1.29 is 9.90 Å². The van der Waals surface area contributed by atoms with Gasteiger partial charge in [0.15, 0.2) is 0 Å². The van der Waals surface area contributed by atoms with E-state index in [1.165, 1.54) is 30.4 Å². The first kappa shape index (κ1) is 15.3. The van der Waals surface area contributed by atoms with Crippen molar-refractivity contribution >= 4 is 23.3 Å². The number of carbonyl (C=O) groups is 1. The molecule has 5 rings (SSSR count). The molecule has 2 saturated carbocycles. The summed E-state index contributed by atoms with van der Waals surface area (Å²) in [6, 6.07) is 13.8. The van der Waals surface area contributed by atoms with Crippen molar-refractivity contribution in [1.29, 1.82) is 0 Å². The maximum atomic E-state index is 11.4. The molecule has 0 spiro atoms. The number of rotatable bonds is 2. The Balaban J connectivity index is 1.65. The quantitative estimate of drug-likeness (QED) is 0.766. The fourth-order valence-electron chi connectivity index (χ4n) is 5.66. The van der Waals surface area contributed by atoms with Crippen LogP contribution >= 0.6 is 11.6 Å². The predicted molar refractivity (Wildman–Crippen MR) is 98.3 cm³/mol. The first-order valence-electron chi connectivity index (χ1n) is 9.01. The highest BCUT2D eigenvalue weighted by molar-refractivity contribution is 6.31. The van der Waals surface area contributed by atoms with Crippen LogP contribution in [0, 0.1) is 17.8 Å². The van der Waals surface area contributed by atoms with Gasteiger partial charge in [-0.25, -0.2) is 4.79 Å². The van der Waals surface area contributed by atoms with E-state index in [9.17, 15) is 9.90 Å². The molecule has 3 aliphatic rings. The van der Waals surface area contributed by atoms with Gasteiger partial charge in [0.05, 0.1) is 11.6 Å². The maximum Gasteiger partial charge on any atom is 0.335 e. The minimum absolute atomic E-state index is 0.206. The van der Waals surface area contributed by atoms with Crippen LogP contribution in [-0.2, 0) is 0 Å². The lowest BCUT2D eigenvalue weighted by atomic mass is 9.68. The molecule has 0 saturated heterocycles. The number of aromatic carboxylic acids is 1. The molecule has 0 aromatic heterocycles. The van der Waals surface area contributed by atoms with Gasteiger partial charge in [-0.1, -0.05) is 29.8 Å². The Hall–Kier alpha value is -2.00. The molecule has 3 nitrogen and oxygen atoms in total. The molecule has 2 fully saturated rings. The summed E-state index contributed by atoms with van der Waals surface area (Å²) in [5.74, 6) is 1.46. The number of carboxylic acid groups (broad SMARTS) is 1. The highest BCUT2D eigenvalue weighted by Gasteiger charge is 2.54. The zero-order valence-corrected chi connectivity index (χ0v) is 14.5. The maximum absolute atomic E-state index is 11.4. The summed E-state index contributed by atoms with van der Waals surface area (Å²) >= 11 is 6.53. The normalized spacial score (nSPS) is 32.0. The minimum Gasteiger partial charge on any atom is -0.478 e. The highest BCUT2D eigenvalue weighted by Crippen LogP contribution is 2.64. The Labute approximate surface area is 152 Å². The van der Waals surface area contributed by atoms with Gasteiger partial charge < -0.3 is 10.4 Å². The summed E-state index contributed by atoms with van der Waals surface area (Å²) < 4.78 is 0. The van der Waals surface area contributed by atoms with Crippen LogP contribution in [0.5, 0.6) is 0 Å². The van der Waals surface area contributed by atoms with E-state index in [1.807, 2.05) is 30.3 Å². The number of fused-ring (bicyclic) bond motifs is 7. The molecular formula is C21H20ClNO2. The second kappa shape index (κ2) is 5.50. The molecule has 0 radical (unpaired) electrons. The van der Waals surface area contributed by atoms with Crippen LogP contribution in [-0.4, -0.2) is 11.1 Å². The van der Waals surface area contributed by atoms with Crippen LogP contribution in [0.4, 0.5) is 5.69 Å². The molecule has 2 aromatic rings. The third kappa shape index (κ3) is 2.22. The van der Waals surface area contributed by atoms with Gasteiger partial charge in [-0.05, 0) is 78.3 Å². The average molecular weight is 354 g/mol. The Morgan fingerprint density at radius 3 is 2.68 bits per heavy atom. The van der Waals surface area contributed by atoms with Crippen LogP contribution in [0.25, 0.3) is 0 Å². The third-order valence-corrected chi connectivity index (χ3v) is 6.92. The molecule has 2 N–H and O–H groups in total. The van der Waals surface area contributed by atoms with E-state index in [1.54, 1.807) is 6.07 Å². The summed E-state index contributed by atoms with van der Waals surface area (Å²) in [7, 11) is 0. The van der Waals surface area contributed by atoms with Gasteiger partial charge in [-0.15, -0.1) is 0 Å². The van der Waals surface area contributed by atoms with Gasteiger partial charge in [0.2, 0.25) is 0 Å². The number of hydrogen-bond donors (Lipinski definition) is 2. The molecule has 128 valence electrons. The first-order chi connectivity index (χ1) is 12.1. The topological polar surface area (TPSA) is 49.3 Å². The van der Waals surface area contributed by atoms with Crippen LogP contribution in [0.1, 0.15) is 52.7 Å². The number of hydrogen-bond acceptors (Lipinski definition) is 2. The summed E-state index contributed by atoms with van der Waals surface area (Å²) in [5.41, 5.74) is 3.82. The van der Waals surface area contributed by atoms with Crippen molar-refractivity contribution in [1.82, 2.24) is 0 Å². The number of halogens is 1. The molecule has 1 heterocycles. The summed E-state index contributed by atoms with van der Waals surface area (Å²) in [5, 5.41) is 13.9. The number of benzene rings is 2. The number of anilines is 1. The van der Waals surface area contributed by atoms with Gasteiger partial charge in [0, 0.05) is 10.7 Å². The molecule has 4 heteroatoms. The van der Waals surface area contributed by atoms with Crippen molar-refractivity contribution in [2.45, 2.75) is 31.2 Å². The molecule has 2 aliphatic carbocycles. The van der Waals surface area contributed by atoms with Crippen LogP contribution in [0.2, 0.25) is 5.02 Å². The van der Waals surface area contributed by atoms with Crippen LogP contribution in [0.15, 0.2) is 42.5 Å². The predicted octanol–water partition coefficient (Wildman–Crippen LogP) is 5.33. The van der Waals surface area contributed by atoms with Crippen LogP contribution in [0.3, 0.4) is 0 Å². The van der Waals surface area contributed by atoms with Crippen molar-refractivity contribution in [3.05, 3.63) is 64.2 Å². The summed E-state index contributed by atoms with van der Waals surface area (Å²) in [6.07, 6.45) is 3.80. The fraction of sp³-hybridized carbons (Fsp3) is 0.381. The van der Waals surface area contributed by atoms with Gasteiger partial charge in [0.1, 0.15) is 0 Å². The standard InChI is InChI=1S/C21H20ClNO2/c22-16-4-2-1-3-14(16)20-19-12-6-5-11(9-12)18(19)15-10-13(21(24)25)7-8-17(15)23-20/h1-4,7-8,10-12,18-20,23H,5-6,9H2,(H,24,25)/t11-,12+,18+,19-,20+/m0/s1. The third-order valence-electron chi connectivity index (χ3n) is 6.57. The molecule has 1 aliphatic heterocycles. The lowest BCUT2D eigenvalue weighted by Gasteiger charge is -2.43. The minimum atomic E-state index is -0.851. The number of nitrogens with one attached hydrogen (secondary N) is 1. The SMILES string of the molecule is O=C(O)c1ccc2c(c1)[C@H]1[C@H]3CC[C@H](C3)[C@@H]1[C@@H](c1ccccc1Cl)N2. The fourth-order valence-corrected chi connectivity index (χ4v) is 5.91. The highest BCUT2D eigenvalue weighted by atomic mass is 35.5. The molecule has 2 aromatic carbocycles. The lowest BCUT2D eigenvalue weighted by Crippen LogP contribution is -2.35. The van der Waals surface area contributed by atoms with E-state index in [2.05, 4.69) is 11.4 Å². The smallest absolute Gasteiger partial charge is 0.335 e. The molecule has 0 amide bonds. The largest absolute Gasteiger partial charge is 0.478 e. The molecule has 25 heavy (non-hydrogen) atoms. The summed E-state index contributed by atoms with van der Waals surface area (Å²) in [4.78, 5) is 11.4. The van der Waals surface area contributed by atoms with Crippen LogP contribution < -0.4 is 5.32 Å². The lowest BCUT2D eigenvalue weighted by molar-refractivity contribution is 0.0696. The molecule has 0 unspecified atom stereocenters. The van der Waals surface area contributed by atoms with E-state index in [0.29, 0.717) is 29.2 Å². The Bertz CT molecular complexity index is 865. The van der Waals surface area contributed by atoms with E-state index in [-0.39, 0.29) is 6.04 Å². The zero-order chi connectivity index (χ0) is 17.1. The van der Waals surface area contributed by atoms with E-state index in [4.69, 9.17) is 11.6 Å². The Morgan fingerprint density at radius 1 is 1.08 bits per heavy atom. The monoisotopic (exact) mass is 353 g/mol. The van der Waals surface area contributed by atoms with E-state index >= 15 is 0 Å². The van der Waals surface area contributed by atoms with Crippen molar-refractivity contribution in [2.24, 2.45) is 17.8 Å². The molecule has 5 atom stereocenters. The Morgan fingerprint density at radius 2 is 1.88 bits per heavy atom. The second-order valence-electron chi connectivity index (χ2n) is 7.69. The second-order valence-corrected chi connectivity index (χ2v) is 8.09. The zero-order valence-electron chi connectivity index (χ0n) is 13.8. The van der Waals surface area contributed by atoms with Crippen molar-refractivity contribution in [3.63, 3.8) is 0 Å². The van der Waals surface area contributed by atoms with E-state index in [0.717, 1.165) is 10.7 Å². The molecule has 2 bridgehead atoms. The summed E-state index contributed by atoms with van der Waals surface area (Å²) in [6.45, 7) is 0. The van der Waals surface area contributed by atoms with Gasteiger partial charge in [0.25, 0.3) is 0 Å². The van der Waals surface area contributed by atoms with Gasteiger partial charge in [-0.2, -0.15) is 0 Å². The number of carboxylic acids is 1. The van der Waals surface area contributed by atoms with Crippen molar-refractivity contribution in [2.75, 3.05) is 5.32 Å². The van der Waals surface area contributed by atoms with Gasteiger partial charge in [-0.3, -0.25) is 0 Å². The first-order valence-corrected chi connectivity index (χ1v) is 9.39. The molecular weight excluding hydrogens is 334 g/mol. The van der Waals surface area contributed by atoms with Gasteiger partial charge >= 0.3 is 5.97 Å². The van der Waals surface area contributed by atoms with Crippen molar-refractivity contribution in [3.8, 4) is 0 Å².